The second-order valence-corrected chi connectivity index (χ2v) is 4.71. The van der Waals surface area contributed by atoms with Crippen molar-refractivity contribution < 1.29 is 0 Å². The van der Waals surface area contributed by atoms with Gasteiger partial charge in [-0.15, -0.1) is 0 Å². The third-order valence-corrected chi connectivity index (χ3v) is 2.66. The summed E-state index contributed by atoms with van der Waals surface area (Å²) in [6.45, 7) is 8.52. The fraction of sp³-hybridized carbons (Fsp3) is 0.462. The predicted octanol–water partition coefficient (Wildman–Crippen LogP) is 3.27. The summed E-state index contributed by atoms with van der Waals surface area (Å²) in [6, 6.07) is 2.11. The van der Waals surface area contributed by atoms with Gasteiger partial charge in [-0.05, 0) is 17.5 Å². The van der Waals surface area contributed by atoms with E-state index in [0.717, 1.165) is 16.9 Å². The van der Waals surface area contributed by atoms with Crippen LogP contribution in [-0.2, 0) is 0 Å². The lowest BCUT2D eigenvalue weighted by Gasteiger charge is -2.07. The van der Waals surface area contributed by atoms with Crippen LogP contribution in [0.15, 0.2) is 18.5 Å². The molecule has 3 nitrogen and oxygen atoms in total. The minimum Gasteiger partial charge on any atom is -0.253 e. The monoisotopic (exact) mass is 215 g/mol. The first-order chi connectivity index (χ1) is 7.58. The SMILES string of the molecule is CC(C)c1cnc2cnc(C(C)C)nc2c1. The van der Waals surface area contributed by atoms with Crippen LogP contribution in [0.5, 0.6) is 0 Å². The van der Waals surface area contributed by atoms with E-state index in [0.29, 0.717) is 11.8 Å². The molecule has 3 heteroatoms. The minimum absolute atomic E-state index is 0.354. The van der Waals surface area contributed by atoms with E-state index >= 15 is 0 Å². The summed E-state index contributed by atoms with van der Waals surface area (Å²) in [6.07, 6.45) is 3.72. The highest BCUT2D eigenvalue weighted by atomic mass is 14.9. The van der Waals surface area contributed by atoms with E-state index in [9.17, 15) is 0 Å². The molecule has 2 aromatic heterocycles. The molecule has 0 amide bonds. The van der Waals surface area contributed by atoms with Crippen LogP contribution in [0.25, 0.3) is 11.0 Å². The van der Waals surface area contributed by atoms with Gasteiger partial charge in [-0.2, -0.15) is 0 Å². The average molecular weight is 215 g/mol. The second-order valence-electron chi connectivity index (χ2n) is 4.71. The zero-order valence-corrected chi connectivity index (χ0v) is 10.2. The summed E-state index contributed by atoms with van der Waals surface area (Å²) in [5.41, 5.74) is 3.04. The van der Waals surface area contributed by atoms with Crippen LogP contribution in [0, 0.1) is 0 Å². The van der Waals surface area contributed by atoms with E-state index in [2.05, 4.69) is 48.7 Å². The van der Waals surface area contributed by atoms with Gasteiger partial charge in [0.2, 0.25) is 0 Å². The van der Waals surface area contributed by atoms with Crippen molar-refractivity contribution >= 4 is 11.0 Å². The molecule has 84 valence electrons. The predicted molar refractivity (Wildman–Crippen MR) is 65.5 cm³/mol. The average Bonchev–Trinajstić information content (AvgIpc) is 2.27. The number of hydrogen-bond donors (Lipinski definition) is 0. The molecule has 0 aliphatic carbocycles. The third-order valence-electron chi connectivity index (χ3n) is 2.66. The maximum atomic E-state index is 4.54. The van der Waals surface area contributed by atoms with E-state index in [1.807, 2.05) is 12.4 Å². The molecule has 0 aromatic carbocycles. The van der Waals surface area contributed by atoms with E-state index in [1.165, 1.54) is 5.56 Å². The summed E-state index contributed by atoms with van der Waals surface area (Å²) in [4.78, 5) is 13.2. The number of nitrogens with zero attached hydrogens (tertiary/aromatic N) is 3. The first-order valence-corrected chi connectivity index (χ1v) is 5.70. The van der Waals surface area contributed by atoms with E-state index in [4.69, 9.17) is 0 Å². The Morgan fingerprint density at radius 3 is 2.25 bits per heavy atom. The van der Waals surface area contributed by atoms with Gasteiger partial charge < -0.3 is 0 Å². The number of hydrogen-bond acceptors (Lipinski definition) is 3. The molecule has 2 heterocycles. The van der Waals surface area contributed by atoms with Crippen molar-refractivity contribution in [1.82, 2.24) is 15.0 Å². The van der Waals surface area contributed by atoms with Gasteiger partial charge in [0, 0.05) is 12.1 Å². The molecule has 2 aromatic rings. The molecule has 0 aliphatic heterocycles. The van der Waals surface area contributed by atoms with Crippen LogP contribution in [-0.4, -0.2) is 15.0 Å². The van der Waals surface area contributed by atoms with Gasteiger partial charge in [-0.3, -0.25) is 4.98 Å². The van der Waals surface area contributed by atoms with Crippen LogP contribution in [0.2, 0.25) is 0 Å². The van der Waals surface area contributed by atoms with Crippen molar-refractivity contribution in [2.24, 2.45) is 0 Å². The normalized spacial score (nSPS) is 11.6. The Hall–Kier alpha value is -1.51. The van der Waals surface area contributed by atoms with E-state index in [1.54, 1.807) is 0 Å². The van der Waals surface area contributed by atoms with Crippen molar-refractivity contribution in [3.63, 3.8) is 0 Å². The Labute approximate surface area is 96.0 Å². The summed E-state index contributed by atoms with van der Waals surface area (Å²) in [7, 11) is 0. The van der Waals surface area contributed by atoms with Gasteiger partial charge >= 0.3 is 0 Å². The maximum Gasteiger partial charge on any atom is 0.131 e. The number of fused-ring (bicyclic) bond motifs is 1. The van der Waals surface area contributed by atoms with Gasteiger partial charge in [0.1, 0.15) is 11.3 Å². The van der Waals surface area contributed by atoms with Gasteiger partial charge in [0.05, 0.1) is 11.7 Å². The first kappa shape index (κ1) is 11.0. The van der Waals surface area contributed by atoms with Crippen LogP contribution in [0.3, 0.4) is 0 Å². The van der Waals surface area contributed by atoms with Crippen LogP contribution in [0.1, 0.15) is 50.9 Å². The van der Waals surface area contributed by atoms with Crippen molar-refractivity contribution in [1.29, 1.82) is 0 Å². The maximum absolute atomic E-state index is 4.54. The van der Waals surface area contributed by atoms with Crippen LogP contribution in [0.4, 0.5) is 0 Å². The molecule has 0 aliphatic rings. The molecule has 0 saturated carbocycles. The topological polar surface area (TPSA) is 38.7 Å². The zero-order chi connectivity index (χ0) is 11.7. The fourth-order valence-electron chi connectivity index (χ4n) is 1.54. The number of rotatable bonds is 2. The fourth-order valence-corrected chi connectivity index (χ4v) is 1.54. The van der Waals surface area contributed by atoms with Gasteiger partial charge in [0.25, 0.3) is 0 Å². The molecular formula is C13H17N3. The quantitative estimate of drug-likeness (QED) is 0.771. The first-order valence-electron chi connectivity index (χ1n) is 5.70. The molecule has 0 unspecified atom stereocenters. The smallest absolute Gasteiger partial charge is 0.131 e. The molecule has 0 atom stereocenters. The van der Waals surface area contributed by atoms with E-state index in [-0.39, 0.29) is 0 Å². The highest BCUT2D eigenvalue weighted by Gasteiger charge is 2.06. The Balaban J connectivity index is 2.56. The Morgan fingerprint density at radius 1 is 0.875 bits per heavy atom. The lowest BCUT2D eigenvalue weighted by atomic mass is 10.1. The molecule has 0 saturated heterocycles. The lowest BCUT2D eigenvalue weighted by Crippen LogP contribution is -1.99. The summed E-state index contributed by atoms with van der Waals surface area (Å²) in [5.74, 6) is 1.72. The molecule has 0 fully saturated rings. The third kappa shape index (κ3) is 2.03. The standard InChI is InChI=1S/C13H17N3/c1-8(2)10-5-11-12(14-6-10)7-15-13(16-11)9(3)4/h5-9H,1-4H3. The number of pyridine rings is 1. The Bertz CT molecular complexity index is 461. The highest BCUT2D eigenvalue weighted by molar-refractivity contribution is 5.73. The molecule has 0 radical (unpaired) electrons. The molecular weight excluding hydrogens is 198 g/mol. The molecule has 0 N–H and O–H groups in total. The highest BCUT2D eigenvalue weighted by Crippen LogP contribution is 2.18. The van der Waals surface area contributed by atoms with Crippen molar-refractivity contribution in [2.75, 3.05) is 0 Å². The Morgan fingerprint density at radius 2 is 1.62 bits per heavy atom. The molecule has 2 rings (SSSR count). The van der Waals surface area contributed by atoms with Gasteiger partial charge in [0.15, 0.2) is 0 Å². The molecule has 0 bridgehead atoms. The van der Waals surface area contributed by atoms with Crippen LogP contribution >= 0.6 is 0 Å². The Kier molecular flexibility index (Phi) is 2.86. The molecule has 16 heavy (non-hydrogen) atoms. The summed E-state index contributed by atoms with van der Waals surface area (Å²) in [5, 5.41) is 0. The van der Waals surface area contributed by atoms with Crippen molar-refractivity contribution in [3.8, 4) is 0 Å². The number of aromatic nitrogens is 3. The van der Waals surface area contributed by atoms with Crippen LogP contribution < -0.4 is 0 Å². The van der Waals surface area contributed by atoms with Crippen molar-refractivity contribution in [2.45, 2.75) is 39.5 Å². The molecule has 0 spiro atoms. The van der Waals surface area contributed by atoms with Gasteiger partial charge in [-0.1, -0.05) is 27.7 Å². The van der Waals surface area contributed by atoms with Crippen molar-refractivity contribution in [3.05, 3.63) is 29.8 Å². The minimum atomic E-state index is 0.354. The lowest BCUT2D eigenvalue weighted by molar-refractivity contribution is 0.781. The zero-order valence-electron chi connectivity index (χ0n) is 10.2. The van der Waals surface area contributed by atoms with E-state index < -0.39 is 0 Å². The largest absolute Gasteiger partial charge is 0.253 e. The van der Waals surface area contributed by atoms with Gasteiger partial charge in [-0.25, -0.2) is 9.97 Å². The summed E-state index contributed by atoms with van der Waals surface area (Å²) >= 11 is 0. The summed E-state index contributed by atoms with van der Waals surface area (Å²) < 4.78 is 0. The second kappa shape index (κ2) is 4.16.